The zero-order chi connectivity index (χ0) is 14.5. The zero-order valence-corrected chi connectivity index (χ0v) is 11.3. The number of hydrogen-bond donors (Lipinski definition) is 3. The van der Waals surface area contributed by atoms with Crippen molar-refractivity contribution in [3.63, 3.8) is 0 Å². The molecule has 3 unspecified atom stereocenters. The second-order valence-electron chi connectivity index (χ2n) is 5.34. The Balaban J connectivity index is 2.00. The predicted octanol–water partition coefficient (Wildman–Crippen LogP) is 0.438. The molecule has 3 N–H and O–H groups in total. The standard InChI is InChI=1S/C14H20N2O4/c17-12(9-5-1-2-6-10(9)14(19)20)16-11-7-3-4-8-15-13(11)18/h1-2,9-11H,3-8H2,(H,15,18)(H,16,17)(H,19,20). The molecule has 2 amide bonds. The van der Waals surface area contributed by atoms with E-state index >= 15 is 0 Å². The topological polar surface area (TPSA) is 95.5 Å². The van der Waals surface area contributed by atoms with E-state index in [1.54, 1.807) is 6.08 Å². The first kappa shape index (κ1) is 14.6. The van der Waals surface area contributed by atoms with Gasteiger partial charge in [0.15, 0.2) is 0 Å². The highest BCUT2D eigenvalue weighted by molar-refractivity contribution is 5.90. The molecule has 6 heteroatoms. The minimum Gasteiger partial charge on any atom is -0.481 e. The second kappa shape index (κ2) is 6.54. The van der Waals surface area contributed by atoms with E-state index in [0.717, 1.165) is 12.8 Å². The average molecular weight is 280 g/mol. The van der Waals surface area contributed by atoms with Crippen molar-refractivity contribution in [3.8, 4) is 0 Å². The number of allylic oxidation sites excluding steroid dienone is 2. The lowest BCUT2D eigenvalue weighted by atomic mass is 9.82. The summed E-state index contributed by atoms with van der Waals surface area (Å²) < 4.78 is 0. The smallest absolute Gasteiger partial charge is 0.307 e. The van der Waals surface area contributed by atoms with Crippen LogP contribution in [-0.2, 0) is 14.4 Å². The molecule has 2 aliphatic rings. The Labute approximate surface area is 117 Å². The highest BCUT2D eigenvalue weighted by Gasteiger charge is 2.35. The van der Waals surface area contributed by atoms with Gasteiger partial charge in [0.1, 0.15) is 6.04 Å². The quantitative estimate of drug-likeness (QED) is 0.654. The van der Waals surface area contributed by atoms with Crippen LogP contribution in [0.4, 0.5) is 0 Å². The molecule has 110 valence electrons. The van der Waals surface area contributed by atoms with Gasteiger partial charge in [-0.15, -0.1) is 0 Å². The number of aliphatic carboxylic acids is 1. The number of rotatable bonds is 3. The van der Waals surface area contributed by atoms with Crippen LogP contribution in [0.1, 0.15) is 32.1 Å². The number of carbonyl (C=O) groups excluding carboxylic acids is 2. The van der Waals surface area contributed by atoms with Gasteiger partial charge in [-0.2, -0.15) is 0 Å². The van der Waals surface area contributed by atoms with Crippen molar-refractivity contribution >= 4 is 17.8 Å². The summed E-state index contributed by atoms with van der Waals surface area (Å²) in [6.07, 6.45) is 6.79. The van der Waals surface area contributed by atoms with Gasteiger partial charge in [0.05, 0.1) is 11.8 Å². The number of nitrogens with one attached hydrogen (secondary N) is 2. The fourth-order valence-electron chi connectivity index (χ4n) is 2.73. The van der Waals surface area contributed by atoms with Gasteiger partial charge < -0.3 is 15.7 Å². The van der Waals surface area contributed by atoms with E-state index in [1.165, 1.54) is 0 Å². The van der Waals surface area contributed by atoms with Gasteiger partial charge in [-0.1, -0.05) is 12.2 Å². The molecular formula is C14H20N2O4. The monoisotopic (exact) mass is 280 g/mol. The summed E-state index contributed by atoms with van der Waals surface area (Å²) in [7, 11) is 0. The lowest BCUT2D eigenvalue weighted by molar-refractivity contribution is -0.147. The Morgan fingerprint density at radius 1 is 1.20 bits per heavy atom. The van der Waals surface area contributed by atoms with Gasteiger partial charge in [0.2, 0.25) is 11.8 Å². The zero-order valence-electron chi connectivity index (χ0n) is 11.3. The lowest BCUT2D eigenvalue weighted by Gasteiger charge is -2.26. The Kier molecular flexibility index (Phi) is 4.76. The van der Waals surface area contributed by atoms with Crippen LogP contribution >= 0.6 is 0 Å². The summed E-state index contributed by atoms with van der Waals surface area (Å²) in [6, 6.07) is -0.537. The normalized spacial score (nSPS) is 30.2. The molecule has 0 aromatic heterocycles. The summed E-state index contributed by atoms with van der Waals surface area (Å²) >= 11 is 0. The fourth-order valence-corrected chi connectivity index (χ4v) is 2.73. The molecule has 0 aromatic carbocycles. The van der Waals surface area contributed by atoms with Crippen LogP contribution in [0, 0.1) is 11.8 Å². The maximum Gasteiger partial charge on any atom is 0.307 e. The van der Waals surface area contributed by atoms with Gasteiger partial charge in [-0.05, 0) is 32.1 Å². The summed E-state index contributed by atoms with van der Waals surface area (Å²) in [5.41, 5.74) is 0. The van der Waals surface area contributed by atoms with Crippen LogP contribution in [0.15, 0.2) is 12.2 Å². The van der Waals surface area contributed by atoms with Crippen LogP contribution in [-0.4, -0.2) is 35.5 Å². The van der Waals surface area contributed by atoms with Gasteiger partial charge in [-0.3, -0.25) is 14.4 Å². The summed E-state index contributed by atoms with van der Waals surface area (Å²) in [6.45, 7) is 0.634. The number of carboxylic acid groups (broad SMARTS) is 1. The van der Waals surface area contributed by atoms with Crippen molar-refractivity contribution in [3.05, 3.63) is 12.2 Å². The van der Waals surface area contributed by atoms with Gasteiger partial charge >= 0.3 is 5.97 Å². The molecule has 0 radical (unpaired) electrons. The Bertz CT molecular complexity index is 433. The van der Waals surface area contributed by atoms with Crippen molar-refractivity contribution in [1.82, 2.24) is 10.6 Å². The molecule has 0 bridgehead atoms. The molecule has 0 spiro atoms. The van der Waals surface area contributed by atoms with Crippen molar-refractivity contribution in [1.29, 1.82) is 0 Å². The third kappa shape index (κ3) is 3.37. The average Bonchev–Trinajstić information content (AvgIpc) is 2.64. The molecule has 1 fully saturated rings. The molecule has 20 heavy (non-hydrogen) atoms. The Hall–Kier alpha value is -1.85. The van der Waals surface area contributed by atoms with Gasteiger partial charge in [0.25, 0.3) is 0 Å². The fraction of sp³-hybridized carbons (Fsp3) is 0.643. The summed E-state index contributed by atoms with van der Waals surface area (Å²) in [4.78, 5) is 35.2. The Morgan fingerprint density at radius 2 is 1.90 bits per heavy atom. The van der Waals surface area contributed by atoms with Crippen LogP contribution < -0.4 is 10.6 Å². The van der Waals surface area contributed by atoms with Crippen molar-refractivity contribution in [2.45, 2.75) is 38.1 Å². The number of amides is 2. The van der Waals surface area contributed by atoms with E-state index in [1.807, 2.05) is 6.08 Å². The van der Waals surface area contributed by atoms with Crippen LogP contribution in [0.5, 0.6) is 0 Å². The third-order valence-corrected chi connectivity index (χ3v) is 3.94. The first-order chi connectivity index (χ1) is 9.59. The molecule has 2 rings (SSSR count). The predicted molar refractivity (Wildman–Crippen MR) is 71.8 cm³/mol. The maximum absolute atomic E-state index is 12.3. The van der Waals surface area contributed by atoms with E-state index in [2.05, 4.69) is 10.6 Å². The largest absolute Gasteiger partial charge is 0.481 e. The summed E-state index contributed by atoms with van der Waals surface area (Å²) in [5, 5.41) is 14.6. The lowest BCUT2D eigenvalue weighted by Crippen LogP contribution is -2.49. The van der Waals surface area contributed by atoms with Gasteiger partial charge in [-0.25, -0.2) is 0 Å². The first-order valence-corrected chi connectivity index (χ1v) is 7.05. The number of hydrogen-bond acceptors (Lipinski definition) is 3. The number of carbonyl (C=O) groups is 3. The van der Waals surface area contributed by atoms with E-state index in [4.69, 9.17) is 5.11 Å². The van der Waals surface area contributed by atoms with E-state index in [-0.39, 0.29) is 11.8 Å². The molecule has 1 heterocycles. The maximum atomic E-state index is 12.3. The molecule has 0 saturated carbocycles. The minimum absolute atomic E-state index is 0.172. The van der Waals surface area contributed by atoms with E-state index < -0.39 is 23.8 Å². The third-order valence-electron chi connectivity index (χ3n) is 3.94. The molecule has 1 aliphatic heterocycles. The second-order valence-corrected chi connectivity index (χ2v) is 5.34. The van der Waals surface area contributed by atoms with Crippen LogP contribution in [0.3, 0.4) is 0 Å². The molecule has 6 nitrogen and oxygen atoms in total. The van der Waals surface area contributed by atoms with Crippen molar-refractivity contribution in [2.75, 3.05) is 6.54 Å². The first-order valence-electron chi connectivity index (χ1n) is 7.05. The highest BCUT2D eigenvalue weighted by Crippen LogP contribution is 2.26. The van der Waals surface area contributed by atoms with Crippen LogP contribution in [0.25, 0.3) is 0 Å². The molecule has 3 atom stereocenters. The van der Waals surface area contributed by atoms with Crippen LogP contribution in [0.2, 0.25) is 0 Å². The summed E-state index contributed by atoms with van der Waals surface area (Å²) in [5.74, 6) is -2.75. The Morgan fingerprint density at radius 3 is 2.60 bits per heavy atom. The van der Waals surface area contributed by atoms with Crippen molar-refractivity contribution < 1.29 is 19.5 Å². The molecule has 1 saturated heterocycles. The molecule has 0 aromatic rings. The highest BCUT2D eigenvalue weighted by atomic mass is 16.4. The van der Waals surface area contributed by atoms with Gasteiger partial charge in [0, 0.05) is 6.54 Å². The SMILES string of the molecule is O=C1NCCCCC1NC(=O)C1CC=CCC1C(=O)O. The molecule has 1 aliphatic carbocycles. The van der Waals surface area contributed by atoms with Crippen molar-refractivity contribution in [2.24, 2.45) is 11.8 Å². The van der Waals surface area contributed by atoms with E-state index in [0.29, 0.717) is 25.8 Å². The van der Waals surface area contributed by atoms with E-state index in [9.17, 15) is 14.4 Å². The molecular weight excluding hydrogens is 260 g/mol. The minimum atomic E-state index is -0.959. The number of carboxylic acids is 1.